The first kappa shape index (κ1) is 17.4. The number of anilines is 1. The summed E-state index contributed by atoms with van der Waals surface area (Å²) in [5.41, 5.74) is 6.72. The van der Waals surface area contributed by atoms with Gasteiger partial charge in [-0.1, -0.05) is 20.3 Å². The molecule has 0 aromatic carbocycles. The van der Waals surface area contributed by atoms with Crippen molar-refractivity contribution in [1.29, 1.82) is 0 Å². The van der Waals surface area contributed by atoms with Gasteiger partial charge >= 0.3 is 0 Å². The number of nitrogen functional groups attached to an aromatic ring is 1. The molecular weight excluding hydrogens is 330 g/mol. The number of aliphatic hydroxyl groups is 2. The van der Waals surface area contributed by atoms with Crippen LogP contribution in [0.25, 0.3) is 11.2 Å². The third kappa shape index (κ3) is 3.21. The van der Waals surface area contributed by atoms with Crippen LogP contribution >= 0.6 is 11.8 Å². The quantitative estimate of drug-likeness (QED) is 0.698. The molecule has 3 heterocycles. The van der Waals surface area contributed by atoms with Crippen LogP contribution in [0.1, 0.15) is 26.5 Å². The topological polar surface area (TPSA) is 119 Å². The number of aromatic nitrogens is 4. The molecule has 0 radical (unpaired) electrons. The smallest absolute Gasteiger partial charge is 0.167 e. The Kier molecular flexibility index (Phi) is 5.24. The first-order valence-corrected chi connectivity index (χ1v) is 9.20. The number of fused-ring (bicyclic) bond motifs is 1. The lowest BCUT2D eigenvalue weighted by molar-refractivity contribution is -0.0289. The lowest BCUT2D eigenvalue weighted by atomic mass is 10.1. The molecule has 1 aliphatic heterocycles. The van der Waals surface area contributed by atoms with Crippen LogP contribution in [0, 0.1) is 5.92 Å². The minimum atomic E-state index is -1.05. The largest absolute Gasteiger partial charge is 0.387 e. The van der Waals surface area contributed by atoms with Gasteiger partial charge in [0.15, 0.2) is 17.7 Å². The van der Waals surface area contributed by atoms with Gasteiger partial charge in [-0.2, -0.15) is 11.8 Å². The third-order valence-corrected chi connectivity index (χ3v) is 5.75. The van der Waals surface area contributed by atoms with Crippen LogP contribution in [-0.2, 0) is 4.74 Å². The molecule has 1 saturated heterocycles. The molecule has 9 heteroatoms. The van der Waals surface area contributed by atoms with E-state index in [1.807, 2.05) is 0 Å². The van der Waals surface area contributed by atoms with Crippen molar-refractivity contribution in [2.75, 3.05) is 17.2 Å². The second kappa shape index (κ2) is 7.22. The van der Waals surface area contributed by atoms with Gasteiger partial charge in [0.2, 0.25) is 0 Å². The summed E-state index contributed by atoms with van der Waals surface area (Å²) in [5, 5.41) is 20.7. The zero-order chi connectivity index (χ0) is 17.3. The Bertz CT molecular complexity index is 697. The molecule has 0 amide bonds. The van der Waals surface area contributed by atoms with Gasteiger partial charge < -0.3 is 20.7 Å². The molecule has 3 rings (SSSR count). The number of nitrogens with zero attached hydrogens (tertiary/aromatic N) is 4. The van der Waals surface area contributed by atoms with Crippen LogP contribution in [0.3, 0.4) is 0 Å². The van der Waals surface area contributed by atoms with Gasteiger partial charge in [-0.3, -0.25) is 4.57 Å². The van der Waals surface area contributed by atoms with Gasteiger partial charge in [0.1, 0.15) is 24.1 Å². The van der Waals surface area contributed by atoms with Gasteiger partial charge in [0.25, 0.3) is 0 Å². The summed E-state index contributed by atoms with van der Waals surface area (Å²) in [5.74, 6) is 2.52. The van der Waals surface area contributed by atoms with Crippen molar-refractivity contribution >= 4 is 28.7 Å². The fourth-order valence-electron chi connectivity index (χ4n) is 2.66. The van der Waals surface area contributed by atoms with Crippen molar-refractivity contribution in [2.45, 2.75) is 44.8 Å². The van der Waals surface area contributed by atoms with Crippen molar-refractivity contribution in [2.24, 2.45) is 5.92 Å². The maximum Gasteiger partial charge on any atom is 0.167 e. The van der Waals surface area contributed by atoms with Crippen molar-refractivity contribution in [3.63, 3.8) is 0 Å². The van der Waals surface area contributed by atoms with E-state index >= 15 is 0 Å². The summed E-state index contributed by atoms with van der Waals surface area (Å²) in [7, 11) is 0. The second-order valence-corrected chi connectivity index (χ2v) is 7.26. The summed E-state index contributed by atoms with van der Waals surface area (Å²) in [6, 6.07) is 0. The van der Waals surface area contributed by atoms with Crippen molar-refractivity contribution in [1.82, 2.24) is 19.5 Å². The first-order chi connectivity index (χ1) is 11.5. The number of aliphatic hydroxyl groups excluding tert-OH is 2. The van der Waals surface area contributed by atoms with Gasteiger partial charge in [-0.25, -0.2) is 15.0 Å². The van der Waals surface area contributed by atoms with Crippen LogP contribution in [0.5, 0.6) is 0 Å². The van der Waals surface area contributed by atoms with E-state index in [-0.39, 0.29) is 5.82 Å². The molecular formula is C15H23N5O3S. The van der Waals surface area contributed by atoms with Gasteiger partial charge in [-0.15, -0.1) is 0 Å². The highest BCUT2D eigenvalue weighted by atomic mass is 32.2. The van der Waals surface area contributed by atoms with E-state index in [9.17, 15) is 10.2 Å². The maximum absolute atomic E-state index is 10.4. The minimum Gasteiger partial charge on any atom is -0.387 e. The van der Waals surface area contributed by atoms with Gasteiger partial charge in [-0.05, 0) is 11.7 Å². The van der Waals surface area contributed by atoms with E-state index in [0.717, 1.165) is 12.2 Å². The van der Waals surface area contributed by atoms with Crippen LogP contribution < -0.4 is 5.73 Å². The molecule has 1 unspecified atom stereocenters. The Morgan fingerprint density at radius 2 is 2.12 bits per heavy atom. The summed E-state index contributed by atoms with van der Waals surface area (Å²) >= 11 is 1.73. The Hall–Kier alpha value is -1.42. The lowest BCUT2D eigenvalue weighted by Crippen LogP contribution is -2.32. The highest BCUT2D eigenvalue weighted by Gasteiger charge is 2.44. The van der Waals surface area contributed by atoms with E-state index in [2.05, 4.69) is 28.8 Å². The Balaban J connectivity index is 1.73. The molecule has 4 N–H and O–H groups in total. The number of thioether (sulfide) groups is 1. The number of hydrogen-bond acceptors (Lipinski definition) is 8. The fourth-order valence-corrected chi connectivity index (χ4v) is 3.94. The third-order valence-electron chi connectivity index (χ3n) is 4.38. The van der Waals surface area contributed by atoms with Crippen LogP contribution in [0.2, 0.25) is 0 Å². The number of hydrogen-bond donors (Lipinski definition) is 3. The zero-order valence-electron chi connectivity index (χ0n) is 13.7. The average molecular weight is 353 g/mol. The molecule has 0 aliphatic carbocycles. The standard InChI is InChI=1S/C15H23N5O3S/c1-3-8(2)4-24-5-9-11(21)12(22)15(23-9)20-7-19-10-13(16)17-6-18-14(10)20/h6-9,11-12,15,21-22H,3-5H2,1-2H3,(H2,16,17,18)/t8?,9-,11-,12-,15-/m1/s1. The predicted octanol–water partition coefficient (Wildman–Crippen LogP) is 0.807. The summed E-state index contributed by atoms with van der Waals surface area (Å²) < 4.78 is 7.49. The molecule has 5 atom stereocenters. The minimum absolute atomic E-state index is 0.271. The average Bonchev–Trinajstić information content (AvgIpc) is 3.12. The Morgan fingerprint density at radius 1 is 1.33 bits per heavy atom. The Labute approximate surface area is 144 Å². The second-order valence-electron chi connectivity index (χ2n) is 6.18. The summed E-state index contributed by atoms with van der Waals surface area (Å²) in [6.07, 6.45) is 0.792. The maximum atomic E-state index is 10.4. The zero-order valence-corrected chi connectivity index (χ0v) is 14.6. The molecule has 24 heavy (non-hydrogen) atoms. The van der Waals surface area contributed by atoms with E-state index in [4.69, 9.17) is 10.5 Å². The lowest BCUT2D eigenvalue weighted by Gasteiger charge is -2.16. The molecule has 0 saturated carbocycles. The molecule has 1 fully saturated rings. The van der Waals surface area contributed by atoms with Crippen molar-refractivity contribution in [3.8, 4) is 0 Å². The number of imidazole rings is 1. The van der Waals surface area contributed by atoms with Crippen LogP contribution in [-0.4, -0.2) is 59.5 Å². The fraction of sp³-hybridized carbons (Fsp3) is 0.667. The molecule has 132 valence electrons. The normalized spacial score (nSPS) is 28.5. The molecule has 2 aromatic heterocycles. The number of rotatable bonds is 6. The summed E-state index contributed by atoms with van der Waals surface area (Å²) in [6.45, 7) is 4.35. The SMILES string of the molecule is CCC(C)CSC[C@H]1O[C@@H](n2cnc3c(N)ncnc32)[C@H](O)[C@@H]1O. The van der Waals surface area contributed by atoms with E-state index in [0.29, 0.717) is 22.8 Å². The predicted molar refractivity (Wildman–Crippen MR) is 92.4 cm³/mol. The molecule has 0 spiro atoms. The highest BCUT2D eigenvalue weighted by molar-refractivity contribution is 7.99. The monoisotopic (exact) mass is 353 g/mol. The molecule has 2 aromatic rings. The summed E-state index contributed by atoms with van der Waals surface area (Å²) in [4.78, 5) is 12.2. The van der Waals surface area contributed by atoms with E-state index in [1.54, 1.807) is 16.3 Å². The van der Waals surface area contributed by atoms with E-state index < -0.39 is 24.5 Å². The molecule has 0 bridgehead atoms. The highest BCUT2D eigenvalue weighted by Crippen LogP contribution is 2.33. The number of ether oxygens (including phenoxy) is 1. The van der Waals surface area contributed by atoms with Crippen molar-refractivity contribution in [3.05, 3.63) is 12.7 Å². The van der Waals surface area contributed by atoms with Gasteiger partial charge in [0, 0.05) is 5.75 Å². The van der Waals surface area contributed by atoms with Crippen molar-refractivity contribution < 1.29 is 14.9 Å². The first-order valence-electron chi connectivity index (χ1n) is 8.05. The van der Waals surface area contributed by atoms with Crippen LogP contribution in [0.15, 0.2) is 12.7 Å². The molecule has 8 nitrogen and oxygen atoms in total. The van der Waals surface area contributed by atoms with Crippen LogP contribution in [0.4, 0.5) is 5.82 Å². The van der Waals surface area contributed by atoms with E-state index in [1.165, 1.54) is 12.7 Å². The van der Waals surface area contributed by atoms with Gasteiger partial charge in [0.05, 0.1) is 12.4 Å². The Morgan fingerprint density at radius 3 is 2.88 bits per heavy atom. The molecule has 1 aliphatic rings. The number of nitrogens with two attached hydrogens (primary N) is 1.